The van der Waals surface area contributed by atoms with Crippen LogP contribution < -0.4 is 5.56 Å². The summed E-state index contributed by atoms with van der Waals surface area (Å²) in [7, 11) is 0. The number of tetrazole rings is 1. The number of aryl methyl sites for hydroxylation is 1. The summed E-state index contributed by atoms with van der Waals surface area (Å²) in [6, 6.07) is 28.5. The number of aromatic amines is 1. The summed E-state index contributed by atoms with van der Waals surface area (Å²) >= 11 is 0. The Kier molecular flexibility index (Phi) is 7.70. The van der Waals surface area contributed by atoms with Crippen LogP contribution in [0.3, 0.4) is 0 Å². The topological polar surface area (TPSA) is 79.7 Å². The molecule has 0 saturated carbocycles. The smallest absolute Gasteiger partial charge is 0.253 e. The van der Waals surface area contributed by atoms with E-state index in [-0.39, 0.29) is 11.1 Å². The maximum absolute atomic E-state index is 13.8. The van der Waals surface area contributed by atoms with Crippen LogP contribution in [0.15, 0.2) is 89.7 Å². The number of pyridine rings is 1. The standard InChI is InChI=1S/C32H36N6O/c1-5-32(3,4)38-30(34-35-36-38)29(27-21-26-18-12-13-23(2)28(26)33-31(27)39)37(22-25-16-10-7-11-17-25)20-19-24-14-8-6-9-15-24/h6-18,21,29H,5,19-20,22H2,1-4H3,(H,33,39)/t29-/m1/s1. The van der Waals surface area contributed by atoms with Crippen molar-refractivity contribution in [1.29, 1.82) is 0 Å². The predicted octanol–water partition coefficient (Wildman–Crippen LogP) is 5.80. The van der Waals surface area contributed by atoms with Crippen LogP contribution in [0.25, 0.3) is 10.9 Å². The largest absolute Gasteiger partial charge is 0.321 e. The van der Waals surface area contributed by atoms with Gasteiger partial charge in [-0.05, 0) is 72.2 Å². The molecule has 200 valence electrons. The molecule has 0 aliphatic rings. The highest BCUT2D eigenvalue weighted by Crippen LogP contribution is 2.32. The third kappa shape index (κ3) is 5.68. The first kappa shape index (κ1) is 26.5. The van der Waals surface area contributed by atoms with E-state index in [0.29, 0.717) is 24.5 Å². The molecule has 5 aromatic rings. The number of fused-ring (bicyclic) bond motifs is 1. The third-order valence-corrected chi connectivity index (χ3v) is 7.71. The Labute approximate surface area is 229 Å². The van der Waals surface area contributed by atoms with Crippen LogP contribution in [0, 0.1) is 6.92 Å². The summed E-state index contributed by atoms with van der Waals surface area (Å²) in [5, 5.41) is 14.1. The molecular formula is C32H36N6O. The normalized spacial score (nSPS) is 12.7. The second kappa shape index (κ2) is 11.3. The molecule has 0 radical (unpaired) electrons. The molecule has 0 aliphatic carbocycles. The molecule has 2 aromatic heterocycles. The Hall–Kier alpha value is -4.10. The van der Waals surface area contributed by atoms with E-state index in [1.165, 1.54) is 5.56 Å². The zero-order valence-electron chi connectivity index (χ0n) is 23.1. The third-order valence-electron chi connectivity index (χ3n) is 7.71. The monoisotopic (exact) mass is 520 g/mol. The number of H-pyrrole nitrogens is 1. The number of nitrogens with zero attached hydrogens (tertiary/aromatic N) is 5. The van der Waals surface area contributed by atoms with Crippen molar-refractivity contribution in [3.63, 3.8) is 0 Å². The van der Waals surface area contributed by atoms with Gasteiger partial charge in [0, 0.05) is 18.7 Å². The van der Waals surface area contributed by atoms with Crippen LogP contribution in [0.4, 0.5) is 0 Å². The van der Waals surface area contributed by atoms with E-state index in [4.69, 9.17) is 0 Å². The second-order valence-corrected chi connectivity index (χ2v) is 10.8. The Balaban J connectivity index is 1.69. The summed E-state index contributed by atoms with van der Waals surface area (Å²) < 4.78 is 1.90. The van der Waals surface area contributed by atoms with Crippen molar-refractivity contribution in [2.24, 2.45) is 0 Å². The summed E-state index contributed by atoms with van der Waals surface area (Å²) in [6.07, 6.45) is 1.67. The van der Waals surface area contributed by atoms with Crippen molar-refractivity contribution in [2.45, 2.75) is 58.7 Å². The van der Waals surface area contributed by atoms with Gasteiger partial charge in [-0.1, -0.05) is 85.8 Å². The highest BCUT2D eigenvalue weighted by atomic mass is 16.1. The zero-order valence-corrected chi connectivity index (χ0v) is 23.1. The number of rotatable bonds is 10. The molecule has 7 nitrogen and oxygen atoms in total. The van der Waals surface area contributed by atoms with Gasteiger partial charge in [0.15, 0.2) is 5.82 Å². The number of nitrogens with one attached hydrogen (secondary N) is 1. The van der Waals surface area contributed by atoms with Crippen LogP contribution in [0.2, 0.25) is 0 Å². The van der Waals surface area contributed by atoms with Gasteiger partial charge in [-0.25, -0.2) is 4.68 Å². The Bertz CT molecular complexity index is 1590. The number of para-hydroxylation sites is 1. The minimum absolute atomic E-state index is 0.122. The van der Waals surface area contributed by atoms with Crippen molar-refractivity contribution < 1.29 is 0 Å². The SMILES string of the molecule is CCC(C)(C)n1nnnc1[C@@H](c1cc2cccc(C)c2[nH]c1=O)N(CCc1ccccc1)Cc1ccccc1. The van der Waals surface area contributed by atoms with Crippen molar-refractivity contribution >= 4 is 10.9 Å². The first-order valence-corrected chi connectivity index (χ1v) is 13.6. The predicted molar refractivity (Wildman–Crippen MR) is 156 cm³/mol. The lowest BCUT2D eigenvalue weighted by atomic mass is 9.98. The maximum Gasteiger partial charge on any atom is 0.253 e. The quantitative estimate of drug-likeness (QED) is 0.252. The van der Waals surface area contributed by atoms with E-state index in [1.807, 2.05) is 48.0 Å². The molecule has 5 rings (SSSR count). The lowest BCUT2D eigenvalue weighted by Gasteiger charge is -2.33. The maximum atomic E-state index is 13.8. The number of hydrogen-bond acceptors (Lipinski definition) is 5. The molecule has 0 unspecified atom stereocenters. The Morgan fingerprint density at radius 3 is 2.33 bits per heavy atom. The molecule has 0 amide bonds. The Morgan fingerprint density at radius 2 is 1.64 bits per heavy atom. The molecule has 0 aliphatic heterocycles. The molecule has 7 heteroatoms. The van der Waals surface area contributed by atoms with E-state index in [1.54, 1.807) is 0 Å². The molecule has 3 aromatic carbocycles. The minimum Gasteiger partial charge on any atom is -0.321 e. The van der Waals surface area contributed by atoms with Crippen LogP contribution in [-0.2, 0) is 18.5 Å². The van der Waals surface area contributed by atoms with Crippen LogP contribution in [-0.4, -0.2) is 36.6 Å². The summed E-state index contributed by atoms with van der Waals surface area (Å²) in [5.74, 6) is 0.670. The van der Waals surface area contributed by atoms with E-state index in [9.17, 15) is 4.79 Å². The molecule has 1 atom stereocenters. The number of hydrogen-bond donors (Lipinski definition) is 1. The number of aromatic nitrogens is 5. The first-order chi connectivity index (χ1) is 18.9. The van der Waals surface area contributed by atoms with E-state index in [0.717, 1.165) is 34.9 Å². The first-order valence-electron chi connectivity index (χ1n) is 13.6. The van der Waals surface area contributed by atoms with E-state index in [2.05, 4.69) is 94.7 Å². The van der Waals surface area contributed by atoms with Crippen molar-refractivity contribution in [3.05, 3.63) is 123 Å². The molecule has 0 fully saturated rings. The molecular weight excluding hydrogens is 484 g/mol. The summed E-state index contributed by atoms with van der Waals surface area (Å²) in [4.78, 5) is 19.3. The van der Waals surface area contributed by atoms with Gasteiger partial charge in [0.2, 0.25) is 0 Å². The molecule has 1 N–H and O–H groups in total. The summed E-state index contributed by atoms with van der Waals surface area (Å²) in [6.45, 7) is 9.76. The van der Waals surface area contributed by atoms with Crippen LogP contribution in [0.1, 0.15) is 61.3 Å². The fourth-order valence-corrected chi connectivity index (χ4v) is 5.08. The fourth-order valence-electron chi connectivity index (χ4n) is 5.08. The lowest BCUT2D eigenvalue weighted by Crippen LogP contribution is -2.39. The molecule has 0 saturated heterocycles. The molecule has 0 bridgehead atoms. The van der Waals surface area contributed by atoms with Gasteiger partial charge in [0.25, 0.3) is 5.56 Å². The zero-order chi connectivity index (χ0) is 27.4. The van der Waals surface area contributed by atoms with Gasteiger partial charge in [0.1, 0.15) is 6.04 Å². The van der Waals surface area contributed by atoms with Crippen molar-refractivity contribution in [1.82, 2.24) is 30.1 Å². The highest BCUT2D eigenvalue weighted by molar-refractivity contribution is 5.82. The van der Waals surface area contributed by atoms with Gasteiger partial charge in [-0.2, -0.15) is 0 Å². The van der Waals surface area contributed by atoms with E-state index >= 15 is 0 Å². The average Bonchev–Trinajstić information content (AvgIpc) is 3.44. The highest BCUT2D eigenvalue weighted by Gasteiger charge is 2.34. The molecule has 0 spiro atoms. The summed E-state index contributed by atoms with van der Waals surface area (Å²) in [5.41, 5.74) is 4.49. The van der Waals surface area contributed by atoms with Gasteiger partial charge in [0.05, 0.1) is 11.1 Å². The number of benzene rings is 3. The van der Waals surface area contributed by atoms with Gasteiger partial charge in [-0.3, -0.25) is 9.69 Å². The van der Waals surface area contributed by atoms with Gasteiger partial charge >= 0.3 is 0 Å². The van der Waals surface area contributed by atoms with Crippen molar-refractivity contribution in [3.8, 4) is 0 Å². The average molecular weight is 521 g/mol. The van der Waals surface area contributed by atoms with Crippen LogP contribution >= 0.6 is 0 Å². The minimum atomic E-state index is -0.455. The molecule has 39 heavy (non-hydrogen) atoms. The lowest BCUT2D eigenvalue weighted by molar-refractivity contribution is 0.190. The molecule has 2 heterocycles. The van der Waals surface area contributed by atoms with E-state index < -0.39 is 6.04 Å². The van der Waals surface area contributed by atoms with Gasteiger partial charge < -0.3 is 4.98 Å². The fraction of sp³-hybridized carbons (Fsp3) is 0.312. The Morgan fingerprint density at radius 1 is 0.949 bits per heavy atom. The van der Waals surface area contributed by atoms with Crippen LogP contribution in [0.5, 0.6) is 0 Å². The van der Waals surface area contributed by atoms with Crippen molar-refractivity contribution in [2.75, 3.05) is 6.54 Å². The second-order valence-electron chi connectivity index (χ2n) is 10.8. The van der Waals surface area contributed by atoms with Gasteiger partial charge in [-0.15, -0.1) is 5.10 Å².